The molecular formula is C27H42O3. The van der Waals surface area contributed by atoms with Crippen molar-refractivity contribution in [1.29, 1.82) is 0 Å². The summed E-state index contributed by atoms with van der Waals surface area (Å²) in [6, 6.07) is 3.75. The van der Waals surface area contributed by atoms with Gasteiger partial charge in [0.05, 0.1) is 11.0 Å². The minimum atomic E-state index is -0.925. The highest BCUT2D eigenvalue weighted by Gasteiger charge is 2.65. The van der Waals surface area contributed by atoms with Crippen molar-refractivity contribution in [2.24, 2.45) is 17.8 Å². The lowest BCUT2D eigenvalue weighted by atomic mass is 9.51. The third-order valence-electron chi connectivity index (χ3n) is 7.97. The van der Waals surface area contributed by atoms with E-state index in [9.17, 15) is 10.2 Å². The molecule has 3 heteroatoms. The van der Waals surface area contributed by atoms with Crippen LogP contribution < -0.4 is 4.74 Å². The molecule has 2 aliphatic carbocycles. The summed E-state index contributed by atoms with van der Waals surface area (Å²) < 4.78 is 6.32. The van der Waals surface area contributed by atoms with Crippen molar-refractivity contribution >= 4 is 0 Å². The summed E-state index contributed by atoms with van der Waals surface area (Å²) in [4.78, 5) is 0. The Kier molecular flexibility index (Phi) is 6.63. The minimum Gasteiger partial charge on any atom is -0.504 e. The molecule has 30 heavy (non-hydrogen) atoms. The lowest BCUT2D eigenvalue weighted by Crippen LogP contribution is -2.63. The molecule has 1 fully saturated rings. The van der Waals surface area contributed by atoms with Crippen LogP contribution in [-0.4, -0.2) is 21.9 Å². The predicted octanol–water partition coefficient (Wildman–Crippen LogP) is 6.54. The topological polar surface area (TPSA) is 49.7 Å². The molecular weight excluding hydrogens is 372 g/mol. The average Bonchev–Trinajstić information content (AvgIpc) is 3.48. The lowest BCUT2D eigenvalue weighted by molar-refractivity contribution is -0.117. The van der Waals surface area contributed by atoms with Crippen molar-refractivity contribution in [2.45, 2.75) is 104 Å². The van der Waals surface area contributed by atoms with Crippen LogP contribution in [-0.2, 0) is 11.8 Å². The van der Waals surface area contributed by atoms with Gasteiger partial charge >= 0.3 is 0 Å². The number of aliphatic hydroxyl groups is 1. The molecule has 0 radical (unpaired) electrons. The molecule has 3 aliphatic rings. The highest BCUT2D eigenvalue weighted by atomic mass is 16.5. The highest BCUT2D eigenvalue weighted by Crippen LogP contribution is 2.63. The normalized spacial score (nSPS) is 31.6. The van der Waals surface area contributed by atoms with Gasteiger partial charge in [0.2, 0.25) is 0 Å². The Bertz CT molecular complexity index is 775. The Labute approximate surface area is 183 Å². The largest absolute Gasteiger partial charge is 0.504 e. The zero-order valence-corrected chi connectivity index (χ0v) is 19.9. The van der Waals surface area contributed by atoms with Crippen LogP contribution in [0.2, 0.25) is 0 Å². The number of phenols is 1. The van der Waals surface area contributed by atoms with Gasteiger partial charge in [0.1, 0.15) is 6.10 Å². The fraction of sp³-hybridized carbons (Fsp3) is 0.704. The Hall–Kier alpha value is -1.48. The molecule has 4 atom stereocenters. The average molecular weight is 415 g/mol. The van der Waals surface area contributed by atoms with Crippen molar-refractivity contribution in [3.05, 3.63) is 35.4 Å². The molecule has 168 valence electrons. The highest BCUT2D eigenvalue weighted by molar-refractivity contribution is 5.62. The Morgan fingerprint density at radius 3 is 2.37 bits per heavy atom. The number of phenolic OH excluding ortho intramolecular Hbond substituents is 1. The Morgan fingerprint density at radius 1 is 1.23 bits per heavy atom. The van der Waals surface area contributed by atoms with E-state index in [-0.39, 0.29) is 17.8 Å². The van der Waals surface area contributed by atoms with Crippen LogP contribution in [0.15, 0.2) is 24.3 Å². The zero-order valence-electron chi connectivity index (χ0n) is 19.9. The molecule has 1 saturated carbocycles. The number of ether oxygens (including phenoxy) is 1. The van der Waals surface area contributed by atoms with E-state index < -0.39 is 11.0 Å². The van der Waals surface area contributed by atoms with Crippen LogP contribution in [0.5, 0.6) is 11.5 Å². The standard InChI is InChI=1S/C22H32O3.C5H10/c1-7-11-22-18-15(12-16(13(3)4)21(22,6)24)9-10-17(23)19(18)25-20(22)14(5)8-2;1-2-5-3-4-5/h9-10,13,16,20,23-24H,5,7-8,11-12H2,1-4,6H3;5H,2-4H2,1H3. The van der Waals surface area contributed by atoms with E-state index in [0.717, 1.165) is 42.7 Å². The first kappa shape index (κ1) is 23.2. The lowest BCUT2D eigenvalue weighted by Gasteiger charge is -2.54. The van der Waals surface area contributed by atoms with Crippen LogP contribution >= 0.6 is 0 Å². The van der Waals surface area contributed by atoms with Crippen LogP contribution in [0.4, 0.5) is 0 Å². The fourth-order valence-corrected chi connectivity index (χ4v) is 5.96. The SMILES string of the molecule is C=C(CC)C1Oc2c(O)ccc3c2C1(CCC)C(C)(O)C(C(C)C)C3.CCC1CC1. The Balaban J connectivity index is 0.000000448. The van der Waals surface area contributed by atoms with Crippen LogP contribution in [0.1, 0.15) is 91.2 Å². The van der Waals surface area contributed by atoms with Gasteiger partial charge in [-0.05, 0) is 61.1 Å². The van der Waals surface area contributed by atoms with Crippen molar-refractivity contribution in [2.75, 3.05) is 0 Å². The van der Waals surface area contributed by atoms with E-state index in [4.69, 9.17) is 4.74 Å². The van der Waals surface area contributed by atoms with Crippen LogP contribution in [0, 0.1) is 17.8 Å². The van der Waals surface area contributed by atoms with Crippen LogP contribution in [0.3, 0.4) is 0 Å². The zero-order chi connectivity index (χ0) is 22.3. The maximum Gasteiger partial charge on any atom is 0.166 e. The maximum absolute atomic E-state index is 11.9. The first-order valence-electron chi connectivity index (χ1n) is 12.1. The molecule has 1 aromatic carbocycles. The van der Waals surface area contributed by atoms with E-state index in [1.165, 1.54) is 24.8 Å². The molecule has 0 aromatic heterocycles. The van der Waals surface area contributed by atoms with Crippen LogP contribution in [0.25, 0.3) is 0 Å². The number of benzene rings is 1. The van der Waals surface area contributed by atoms with E-state index in [1.807, 2.05) is 13.0 Å². The minimum absolute atomic E-state index is 0.137. The third-order valence-corrected chi connectivity index (χ3v) is 7.97. The third kappa shape index (κ3) is 3.57. The monoisotopic (exact) mass is 414 g/mol. The Morgan fingerprint density at radius 2 is 1.90 bits per heavy atom. The van der Waals surface area contributed by atoms with Gasteiger partial charge in [0.25, 0.3) is 0 Å². The summed E-state index contributed by atoms with van der Waals surface area (Å²) in [5.41, 5.74) is 1.74. The molecule has 4 rings (SSSR count). The maximum atomic E-state index is 11.9. The van der Waals surface area contributed by atoms with Gasteiger partial charge in [-0.15, -0.1) is 0 Å². The van der Waals surface area contributed by atoms with Crippen molar-refractivity contribution < 1.29 is 14.9 Å². The predicted molar refractivity (Wildman–Crippen MR) is 124 cm³/mol. The summed E-state index contributed by atoms with van der Waals surface area (Å²) in [5.74, 6) is 2.36. The number of aromatic hydroxyl groups is 1. The second-order valence-corrected chi connectivity index (χ2v) is 10.2. The summed E-state index contributed by atoms with van der Waals surface area (Å²) in [6.07, 6.45) is 7.50. The number of hydrogen-bond donors (Lipinski definition) is 2. The van der Waals surface area contributed by atoms with Gasteiger partial charge in [-0.1, -0.05) is 72.9 Å². The molecule has 0 amide bonds. The fourth-order valence-electron chi connectivity index (χ4n) is 5.96. The number of hydrogen-bond acceptors (Lipinski definition) is 3. The smallest absolute Gasteiger partial charge is 0.166 e. The quantitative estimate of drug-likeness (QED) is 0.519. The van der Waals surface area contributed by atoms with Gasteiger partial charge in [-0.3, -0.25) is 0 Å². The molecule has 1 heterocycles. The van der Waals surface area contributed by atoms with Gasteiger partial charge in [-0.25, -0.2) is 0 Å². The van der Waals surface area contributed by atoms with Gasteiger partial charge in [0.15, 0.2) is 11.5 Å². The summed E-state index contributed by atoms with van der Waals surface area (Å²) in [6.45, 7) is 17.1. The van der Waals surface area contributed by atoms with Gasteiger partial charge in [0, 0.05) is 5.56 Å². The second kappa shape index (κ2) is 8.57. The van der Waals surface area contributed by atoms with Gasteiger partial charge < -0.3 is 14.9 Å². The first-order valence-corrected chi connectivity index (χ1v) is 12.1. The molecule has 3 nitrogen and oxygen atoms in total. The summed E-state index contributed by atoms with van der Waals surface area (Å²) in [7, 11) is 0. The molecule has 2 N–H and O–H groups in total. The van der Waals surface area contributed by atoms with Crippen molar-refractivity contribution in [3.8, 4) is 11.5 Å². The van der Waals surface area contributed by atoms with E-state index in [0.29, 0.717) is 11.7 Å². The van der Waals surface area contributed by atoms with E-state index >= 15 is 0 Å². The van der Waals surface area contributed by atoms with Gasteiger partial charge in [-0.2, -0.15) is 0 Å². The second-order valence-electron chi connectivity index (χ2n) is 10.2. The summed E-state index contributed by atoms with van der Waals surface area (Å²) >= 11 is 0. The molecule has 0 bridgehead atoms. The number of rotatable bonds is 6. The first-order chi connectivity index (χ1) is 14.1. The molecule has 1 aromatic rings. The van der Waals surface area contributed by atoms with E-state index in [2.05, 4.69) is 41.2 Å². The molecule has 0 spiro atoms. The van der Waals surface area contributed by atoms with Crippen molar-refractivity contribution in [3.63, 3.8) is 0 Å². The molecule has 0 saturated heterocycles. The molecule has 1 aliphatic heterocycles. The van der Waals surface area contributed by atoms with Crippen molar-refractivity contribution in [1.82, 2.24) is 0 Å². The molecule has 4 unspecified atom stereocenters. The summed E-state index contributed by atoms with van der Waals surface area (Å²) in [5, 5.41) is 22.4. The van der Waals surface area contributed by atoms with E-state index in [1.54, 1.807) is 6.07 Å².